The van der Waals surface area contributed by atoms with Crippen molar-refractivity contribution in [3.8, 4) is 0 Å². The van der Waals surface area contributed by atoms with Gasteiger partial charge in [-0.05, 0) is 13.3 Å². The van der Waals surface area contributed by atoms with Crippen LogP contribution >= 0.6 is 0 Å². The Morgan fingerprint density at radius 3 is 2.93 bits per heavy atom. The molecule has 0 aliphatic rings. The van der Waals surface area contributed by atoms with Crippen molar-refractivity contribution in [1.29, 1.82) is 0 Å². The van der Waals surface area contributed by atoms with Gasteiger partial charge >= 0.3 is 0 Å². The molecule has 0 bridgehead atoms. The highest BCUT2D eigenvalue weighted by Crippen LogP contribution is 2.10. The summed E-state index contributed by atoms with van der Waals surface area (Å²) in [6, 6.07) is -0.313. The third kappa shape index (κ3) is 3.98. The van der Waals surface area contributed by atoms with Crippen molar-refractivity contribution in [3.05, 3.63) is 18.0 Å². The van der Waals surface area contributed by atoms with E-state index in [1.54, 1.807) is 19.3 Å². The Morgan fingerprint density at radius 2 is 2.40 bits per heavy atom. The summed E-state index contributed by atoms with van der Waals surface area (Å²) in [7, 11) is -3.32. The normalized spacial score (nSPS) is 14.0. The molecule has 1 aromatic heterocycles. The molecule has 0 saturated heterocycles. The number of aromatic amines is 1. The molecular weight excluding hydrogens is 218 g/mol. The molecule has 0 fully saturated rings. The standard InChI is InChI=1S/C8H15N3O3S/c1-7(8-5-9-10-6-8)11-15(13,14)4-2-3-12/h5-7,11-12H,2-4H2,1H3,(H,9,10). The molecule has 1 heterocycles. The van der Waals surface area contributed by atoms with Gasteiger partial charge in [0.1, 0.15) is 0 Å². The van der Waals surface area contributed by atoms with Crippen molar-refractivity contribution >= 4 is 10.0 Å². The van der Waals surface area contributed by atoms with Crippen molar-refractivity contribution in [2.24, 2.45) is 0 Å². The number of hydrogen-bond donors (Lipinski definition) is 3. The van der Waals surface area contributed by atoms with E-state index >= 15 is 0 Å². The molecule has 0 aliphatic heterocycles. The Labute approximate surface area is 88.8 Å². The van der Waals surface area contributed by atoms with Crippen LogP contribution in [0.2, 0.25) is 0 Å². The maximum absolute atomic E-state index is 11.4. The van der Waals surface area contributed by atoms with Crippen LogP contribution in [-0.2, 0) is 10.0 Å². The average Bonchev–Trinajstić information content (AvgIpc) is 2.67. The van der Waals surface area contributed by atoms with E-state index in [1.165, 1.54) is 0 Å². The van der Waals surface area contributed by atoms with Crippen LogP contribution in [0.25, 0.3) is 0 Å². The molecule has 0 aliphatic carbocycles. The summed E-state index contributed by atoms with van der Waals surface area (Å²) in [5, 5.41) is 14.9. The number of aliphatic hydroxyl groups excluding tert-OH is 1. The van der Waals surface area contributed by atoms with Gasteiger partial charge in [0.05, 0.1) is 11.9 Å². The zero-order chi connectivity index (χ0) is 11.3. The number of nitrogens with one attached hydrogen (secondary N) is 2. The molecule has 7 heteroatoms. The van der Waals surface area contributed by atoms with Crippen molar-refractivity contribution < 1.29 is 13.5 Å². The van der Waals surface area contributed by atoms with E-state index in [2.05, 4.69) is 14.9 Å². The second-order valence-corrected chi connectivity index (χ2v) is 5.14. The minimum atomic E-state index is -3.32. The molecule has 0 saturated carbocycles. The lowest BCUT2D eigenvalue weighted by Crippen LogP contribution is -2.29. The number of rotatable bonds is 6. The van der Waals surface area contributed by atoms with Crippen LogP contribution in [0.15, 0.2) is 12.4 Å². The van der Waals surface area contributed by atoms with Gasteiger partial charge in [0.25, 0.3) is 0 Å². The molecule has 15 heavy (non-hydrogen) atoms. The van der Waals surface area contributed by atoms with Crippen LogP contribution in [0, 0.1) is 0 Å². The smallest absolute Gasteiger partial charge is 0.212 e. The Bertz CT molecular complexity index is 374. The Hall–Kier alpha value is -0.920. The van der Waals surface area contributed by atoms with Gasteiger partial charge in [-0.25, -0.2) is 13.1 Å². The topological polar surface area (TPSA) is 95.1 Å². The molecular formula is C8H15N3O3S. The van der Waals surface area contributed by atoms with Gasteiger partial charge in [0.2, 0.25) is 10.0 Å². The summed E-state index contributed by atoms with van der Waals surface area (Å²) in [6.07, 6.45) is 3.45. The highest BCUT2D eigenvalue weighted by atomic mass is 32.2. The predicted octanol–water partition coefficient (Wildman–Crippen LogP) is -0.228. The van der Waals surface area contributed by atoms with Gasteiger partial charge in [-0.1, -0.05) is 0 Å². The molecule has 1 rings (SSSR count). The molecule has 1 unspecified atom stereocenters. The summed E-state index contributed by atoms with van der Waals surface area (Å²) in [4.78, 5) is 0. The second kappa shape index (κ2) is 5.24. The molecule has 0 amide bonds. The number of sulfonamides is 1. The fraction of sp³-hybridized carbons (Fsp3) is 0.625. The maximum atomic E-state index is 11.4. The van der Waals surface area contributed by atoms with Crippen LogP contribution in [0.5, 0.6) is 0 Å². The first-order chi connectivity index (χ1) is 7.05. The average molecular weight is 233 g/mol. The first-order valence-electron chi connectivity index (χ1n) is 4.64. The first kappa shape index (κ1) is 12.2. The molecule has 6 nitrogen and oxygen atoms in total. The largest absolute Gasteiger partial charge is 0.396 e. The zero-order valence-corrected chi connectivity index (χ0v) is 9.29. The summed E-state index contributed by atoms with van der Waals surface area (Å²) in [5.41, 5.74) is 0.780. The lowest BCUT2D eigenvalue weighted by molar-refractivity contribution is 0.295. The Kier molecular flexibility index (Phi) is 4.25. The monoisotopic (exact) mass is 233 g/mol. The van der Waals surface area contributed by atoms with Crippen LogP contribution in [0.1, 0.15) is 24.9 Å². The van der Waals surface area contributed by atoms with Crippen LogP contribution in [0.4, 0.5) is 0 Å². The van der Waals surface area contributed by atoms with Crippen LogP contribution in [-0.4, -0.2) is 36.1 Å². The van der Waals surface area contributed by atoms with Crippen molar-refractivity contribution in [2.75, 3.05) is 12.4 Å². The predicted molar refractivity (Wildman–Crippen MR) is 55.6 cm³/mol. The minimum absolute atomic E-state index is 0.0638. The molecule has 86 valence electrons. The van der Waals surface area contributed by atoms with Gasteiger partial charge in [0, 0.05) is 24.4 Å². The fourth-order valence-electron chi connectivity index (χ4n) is 1.15. The van der Waals surface area contributed by atoms with Gasteiger partial charge in [-0.2, -0.15) is 5.10 Å². The molecule has 0 aromatic carbocycles. The third-order valence-electron chi connectivity index (χ3n) is 1.95. The number of nitrogens with zero attached hydrogens (tertiary/aromatic N) is 1. The van der Waals surface area contributed by atoms with E-state index in [0.29, 0.717) is 0 Å². The fourth-order valence-corrected chi connectivity index (χ4v) is 2.45. The van der Waals surface area contributed by atoms with Crippen molar-refractivity contribution in [1.82, 2.24) is 14.9 Å². The third-order valence-corrected chi connectivity index (χ3v) is 3.49. The van der Waals surface area contributed by atoms with Crippen LogP contribution in [0.3, 0.4) is 0 Å². The van der Waals surface area contributed by atoms with Gasteiger partial charge in [-0.15, -0.1) is 0 Å². The molecule has 0 spiro atoms. The lowest BCUT2D eigenvalue weighted by Gasteiger charge is -2.11. The van der Waals surface area contributed by atoms with Crippen molar-refractivity contribution in [3.63, 3.8) is 0 Å². The van der Waals surface area contributed by atoms with E-state index in [4.69, 9.17) is 5.11 Å². The number of aromatic nitrogens is 2. The van der Waals surface area contributed by atoms with E-state index in [9.17, 15) is 8.42 Å². The highest BCUT2D eigenvalue weighted by molar-refractivity contribution is 7.89. The van der Waals surface area contributed by atoms with E-state index in [0.717, 1.165) is 5.56 Å². The minimum Gasteiger partial charge on any atom is -0.396 e. The Balaban J connectivity index is 2.54. The number of aliphatic hydroxyl groups is 1. The van der Waals surface area contributed by atoms with Gasteiger partial charge in [0.15, 0.2) is 0 Å². The number of hydrogen-bond acceptors (Lipinski definition) is 4. The van der Waals surface area contributed by atoms with E-state index in [1.807, 2.05) is 0 Å². The lowest BCUT2D eigenvalue weighted by atomic mass is 10.2. The van der Waals surface area contributed by atoms with Gasteiger partial charge < -0.3 is 5.11 Å². The van der Waals surface area contributed by atoms with Gasteiger partial charge in [-0.3, -0.25) is 5.10 Å². The Morgan fingerprint density at radius 1 is 1.67 bits per heavy atom. The summed E-state index contributed by atoms with van der Waals surface area (Å²) >= 11 is 0. The molecule has 0 radical (unpaired) electrons. The SMILES string of the molecule is CC(NS(=O)(=O)CCCO)c1cn[nH]c1. The first-order valence-corrected chi connectivity index (χ1v) is 6.30. The van der Waals surface area contributed by atoms with E-state index in [-0.39, 0.29) is 24.8 Å². The molecule has 1 atom stereocenters. The number of H-pyrrole nitrogens is 1. The summed E-state index contributed by atoms with van der Waals surface area (Å²) < 4.78 is 25.4. The van der Waals surface area contributed by atoms with Crippen LogP contribution < -0.4 is 4.72 Å². The quantitative estimate of drug-likeness (QED) is 0.632. The second-order valence-electron chi connectivity index (χ2n) is 3.27. The maximum Gasteiger partial charge on any atom is 0.212 e. The zero-order valence-electron chi connectivity index (χ0n) is 8.47. The molecule has 3 N–H and O–H groups in total. The van der Waals surface area contributed by atoms with Crippen molar-refractivity contribution in [2.45, 2.75) is 19.4 Å². The summed E-state index contributed by atoms with van der Waals surface area (Å²) in [6.45, 7) is 1.61. The summed E-state index contributed by atoms with van der Waals surface area (Å²) in [5.74, 6) is -0.0638. The van der Waals surface area contributed by atoms with E-state index < -0.39 is 10.0 Å². The highest BCUT2D eigenvalue weighted by Gasteiger charge is 2.15. The molecule has 1 aromatic rings.